The van der Waals surface area contributed by atoms with Crippen molar-refractivity contribution in [3.63, 3.8) is 0 Å². The Morgan fingerprint density at radius 2 is 1.95 bits per heavy atom. The molecule has 0 bridgehead atoms. The van der Waals surface area contributed by atoms with E-state index in [-0.39, 0.29) is 6.42 Å². The molecule has 5 nitrogen and oxygen atoms in total. The SMILES string of the molecule is O=C1CC2(CCN(C3CC3)CC2)C(CS(=O)(=O)F)O1. The van der Waals surface area contributed by atoms with Crippen LogP contribution in [0.5, 0.6) is 0 Å². The second-order valence-electron chi connectivity index (χ2n) is 5.99. The summed E-state index contributed by atoms with van der Waals surface area (Å²) in [5.41, 5.74) is -0.471. The number of carbonyl (C=O) groups excluding carboxylic acids is 1. The number of hydrogen-bond acceptors (Lipinski definition) is 5. The molecule has 19 heavy (non-hydrogen) atoms. The summed E-state index contributed by atoms with van der Waals surface area (Å²) < 4.78 is 39.6. The van der Waals surface area contributed by atoms with Gasteiger partial charge in [0, 0.05) is 11.5 Å². The lowest BCUT2D eigenvalue weighted by molar-refractivity contribution is -0.141. The Morgan fingerprint density at radius 3 is 2.47 bits per heavy atom. The van der Waals surface area contributed by atoms with E-state index in [4.69, 9.17) is 4.74 Å². The van der Waals surface area contributed by atoms with E-state index >= 15 is 0 Å². The summed E-state index contributed by atoms with van der Waals surface area (Å²) in [5, 5.41) is 0. The van der Waals surface area contributed by atoms with E-state index in [9.17, 15) is 17.1 Å². The molecule has 3 fully saturated rings. The van der Waals surface area contributed by atoms with Gasteiger partial charge < -0.3 is 9.64 Å². The van der Waals surface area contributed by atoms with Crippen LogP contribution in [0, 0.1) is 5.41 Å². The Balaban J connectivity index is 1.71. The molecular weight excluding hydrogens is 273 g/mol. The fourth-order valence-electron chi connectivity index (χ4n) is 3.39. The second kappa shape index (κ2) is 4.41. The summed E-state index contributed by atoms with van der Waals surface area (Å²) in [6.45, 7) is 1.70. The first-order valence-electron chi connectivity index (χ1n) is 6.74. The van der Waals surface area contributed by atoms with Crippen LogP contribution in [0.25, 0.3) is 0 Å². The molecule has 0 radical (unpaired) electrons. The third-order valence-corrected chi connectivity index (χ3v) is 5.36. The predicted molar refractivity (Wildman–Crippen MR) is 65.7 cm³/mol. The number of hydrogen-bond donors (Lipinski definition) is 0. The zero-order valence-electron chi connectivity index (χ0n) is 10.7. The maximum atomic E-state index is 12.9. The van der Waals surface area contributed by atoms with Crippen molar-refractivity contribution in [1.82, 2.24) is 4.90 Å². The number of esters is 1. The van der Waals surface area contributed by atoms with Crippen molar-refractivity contribution in [2.24, 2.45) is 5.41 Å². The van der Waals surface area contributed by atoms with Gasteiger partial charge in [0.1, 0.15) is 11.9 Å². The molecule has 7 heteroatoms. The van der Waals surface area contributed by atoms with E-state index < -0.39 is 33.5 Å². The normalized spacial score (nSPS) is 31.6. The van der Waals surface area contributed by atoms with Crippen molar-refractivity contribution >= 4 is 16.2 Å². The standard InChI is InChI=1S/C12H18FNO4S/c13-19(16,17)8-10-12(7-11(15)18-10)3-5-14(6-4-12)9-1-2-9/h9-10H,1-8H2. The number of nitrogens with zero attached hydrogens (tertiary/aromatic N) is 1. The van der Waals surface area contributed by atoms with Gasteiger partial charge in [-0.1, -0.05) is 0 Å². The number of rotatable bonds is 3. The van der Waals surface area contributed by atoms with Crippen molar-refractivity contribution in [1.29, 1.82) is 0 Å². The van der Waals surface area contributed by atoms with E-state index in [2.05, 4.69) is 4.90 Å². The highest BCUT2D eigenvalue weighted by Gasteiger charge is 2.52. The first-order chi connectivity index (χ1) is 8.88. The fraction of sp³-hybridized carbons (Fsp3) is 0.917. The summed E-state index contributed by atoms with van der Waals surface area (Å²) in [5.74, 6) is -1.09. The molecule has 1 atom stereocenters. The maximum Gasteiger partial charge on any atom is 0.306 e. The molecule has 1 saturated carbocycles. The molecule has 0 aromatic rings. The van der Waals surface area contributed by atoms with E-state index in [1.165, 1.54) is 12.8 Å². The van der Waals surface area contributed by atoms with Crippen molar-refractivity contribution < 1.29 is 21.8 Å². The molecule has 3 rings (SSSR count). The third kappa shape index (κ3) is 2.76. The average Bonchev–Trinajstić information content (AvgIpc) is 3.07. The van der Waals surface area contributed by atoms with Gasteiger partial charge in [0.05, 0.1) is 6.42 Å². The molecule has 1 spiro atoms. The summed E-state index contributed by atoms with van der Waals surface area (Å²) in [6, 6.07) is 0.665. The number of ether oxygens (including phenoxy) is 1. The van der Waals surface area contributed by atoms with Gasteiger partial charge in [0.25, 0.3) is 0 Å². The van der Waals surface area contributed by atoms with Gasteiger partial charge in [-0.25, -0.2) is 0 Å². The predicted octanol–water partition coefficient (Wildman–Crippen LogP) is 0.846. The zero-order chi connectivity index (χ0) is 13.7. The largest absolute Gasteiger partial charge is 0.461 e. The van der Waals surface area contributed by atoms with Crippen molar-refractivity contribution in [2.45, 2.75) is 44.2 Å². The molecule has 0 amide bonds. The summed E-state index contributed by atoms with van der Waals surface area (Å²) in [7, 11) is -4.61. The molecule has 0 aromatic carbocycles. The topological polar surface area (TPSA) is 63.7 Å². The minimum atomic E-state index is -4.61. The minimum absolute atomic E-state index is 0.228. The highest BCUT2D eigenvalue weighted by atomic mass is 32.3. The van der Waals surface area contributed by atoms with Crippen LogP contribution >= 0.6 is 0 Å². The number of halogens is 1. The van der Waals surface area contributed by atoms with Crippen molar-refractivity contribution in [3.8, 4) is 0 Å². The lowest BCUT2D eigenvalue weighted by Crippen LogP contribution is -2.46. The molecule has 0 aromatic heterocycles. The van der Waals surface area contributed by atoms with Gasteiger partial charge in [0.2, 0.25) is 0 Å². The number of likely N-dealkylation sites (tertiary alicyclic amines) is 1. The van der Waals surface area contributed by atoms with Crippen LogP contribution < -0.4 is 0 Å². The monoisotopic (exact) mass is 291 g/mol. The van der Waals surface area contributed by atoms with Crippen molar-refractivity contribution in [2.75, 3.05) is 18.8 Å². The van der Waals surface area contributed by atoms with Crippen molar-refractivity contribution in [3.05, 3.63) is 0 Å². The Hall–Kier alpha value is -0.690. The molecule has 2 saturated heterocycles. The molecular formula is C12H18FNO4S. The van der Waals surface area contributed by atoms with E-state index in [0.29, 0.717) is 6.04 Å². The van der Waals surface area contributed by atoms with E-state index in [1.807, 2.05) is 0 Å². The Morgan fingerprint density at radius 1 is 1.32 bits per heavy atom. The number of piperidine rings is 1. The number of carbonyl (C=O) groups is 1. The second-order valence-corrected chi connectivity index (χ2v) is 7.40. The lowest BCUT2D eigenvalue weighted by Gasteiger charge is -2.40. The van der Waals surface area contributed by atoms with Crippen LogP contribution in [-0.4, -0.2) is 50.3 Å². The number of cyclic esters (lactones) is 1. The van der Waals surface area contributed by atoms with Gasteiger partial charge >= 0.3 is 16.2 Å². The Labute approximate surface area is 112 Å². The van der Waals surface area contributed by atoms with Gasteiger partial charge in [-0.2, -0.15) is 8.42 Å². The average molecular weight is 291 g/mol. The van der Waals surface area contributed by atoms with Crippen LogP contribution in [0.1, 0.15) is 32.1 Å². The highest BCUT2D eigenvalue weighted by Crippen LogP contribution is 2.46. The summed E-state index contributed by atoms with van der Waals surface area (Å²) in [6.07, 6.45) is 3.31. The Kier molecular flexibility index (Phi) is 3.09. The highest BCUT2D eigenvalue weighted by molar-refractivity contribution is 7.86. The lowest BCUT2D eigenvalue weighted by atomic mass is 9.73. The maximum absolute atomic E-state index is 12.9. The van der Waals surface area contributed by atoms with Crippen LogP contribution in [0.3, 0.4) is 0 Å². The molecule has 2 aliphatic heterocycles. The van der Waals surface area contributed by atoms with E-state index in [0.717, 1.165) is 25.9 Å². The minimum Gasteiger partial charge on any atom is -0.461 e. The molecule has 1 unspecified atom stereocenters. The molecule has 2 heterocycles. The quantitative estimate of drug-likeness (QED) is 0.570. The van der Waals surface area contributed by atoms with Crippen LogP contribution in [0.4, 0.5) is 3.89 Å². The van der Waals surface area contributed by atoms with Crippen LogP contribution in [0.15, 0.2) is 0 Å². The summed E-state index contributed by atoms with van der Waals surface area (Å²) in [4.78, 5) is 13.9. The Bertz CT molecular complexity index is 480. The van der Waals surface area contributed by atoms with Gasteiger partial charge in [-0.15, -0.1) is 3.89 Å². The van der Waals surface area contributed by atoms with E-state index in [1.54, 1.807) is 0 Å². The van der Waals surface area contributed by atoms with Crippen LogP contribution in [0.2, 0.25) is 0 Å². The first-order valence-corrected chi connectivity index (χ1v) is 8.29. The summed E-state index contributed by atoms with van der Waals surface area (Å²) >= 11 is 0. The molecule has 1 aliphatic carbocycles. The zero-order valence-corrected chi connectivity index (χ0v) is 11.5. The van der Waals surface area contributed by atoms with Gasteiger partial charge in [-0.05, 0) is 38.8 Å². The molecule has 3 aliphatic rings. The third-order valence-electron chi connectivity index (χ3n) is 4.66. The molecule has 0 N–H and O–H groups in total. The van der Waals surface area contributed by atoms with Crippen LogP contribution in [-0.2, 0) is 19.8 Å². The first kappa shape index (κ1) is 13.3. The van der Waals surface area contributed by atoms with Gasteiger partial charge in [-0.3, -0.25) is 4.79 Å². The van der Waals surface area contributed by atoms with Gasteiger partial charge in [0.15, 0.2) is 0 Å². The smallest absolute Gasteiger partial charge is 0.306 e. The molecule has 108 valence electrons. The fourth-order valence-corrected chi connectivity index (χ4v) is 4.17.